The Morgan fingerprint density at radius 2 is 2.11 bits per heavy atom. The second kappa shape index (κ2) is 6.52. The van der Waals surface area contributed by atoms with Gasteiger partial charge in [0, 0.05) is 36.1 Å². The van der Waals surface area contributed by atoms with Crippen molar-refractivity contribution >= 4 is 28.1 Å². The highest BCUT2D eigenvalue weighted by molar-refractivity contribution is 7.85. The van der Waals surface area contributed by atoms with E-state index in [4.69, 9.17) is 22.1 Å². The first kappa shape index (κ1) is 13.8. The molecule has 0 radical (unpaired) electrons. The SMILES string of the molecule is Nc1cc(Cl)ccc1S(=O)CCN1CCOCC1. The molecule has 0 bridgehead atoms. The number of hydrogen-bond donors (Lipinski definition) is 1. The van der Waals surface area contributed by atoms with Gasteiger partial charge in [0.1, 0.15) is 0 Å². The van der Waals surface area contributed by atoms with Gasteiger partial charge in [-0.05, 0) is 18.2 Å². The smallest absolute Gasteiger partial charge is 0.0618 e. The Balaban J connectivity index is 1.90. The first-order valence-corrected chi connectivity index (χ1v) is 7.60. The van der Waals surface area contributed by atoms with E-state index in [9.17, 15) is 4.21 Å². The minimum Gasteiger partial charge on any atom is -0.398 e. The molecular weight excluding hydrogens is 272 g/mol. The summed E-state index contributed by atoms with van der Waals surface area (Å²) in [4.78, 5) is 2.93. The van der Waals surface area contributed by atoms with Gasteiger partial charge in [-0.15, -0.1) is 0 Å². The van der Waals surface area contributed by atoms with Gasteiger partial charge in [-0.25, -0.2) is 0 Å². The van der Waals surface area contributed by atoms with Crippen molar-refractivity contribution in [1.82, 2.24) is 4.90 Å². The highest BCUT2D eigenvalue weighted by atomic mass is 35.5. The molecule has 0 aromatic heterocycles. The topological polar surface area (TPSA) is 55.6 Å². The average Bonchev–Trinajstić information content (AvgIpc) is 2.37. The molecule has 1 aliphatic heterocycles. The van der Waals surface area contributed by atoms with E-state index in [-0.39, 0.29) is 0 Å². The Morgan fingerprint density at radius 3 is 2.78 bits per heavy atom. The summed E-state index contributed by atoms with van der Waals surface area (Å²) in [5.41, 5.74) is 6.32. The molecule has 2 rings (SSSR count). The van der Waals surface area contributed by atoms with E-state index in [1.54, 1.807) is 18.2 Å². The zero-order chi connectivity index (χ0) is 13.0. The Labute approximate surface area is 115 Å². The maximum atomic E-state index is 12.1. The van der Waals surface area contributed by atoms with E-state index >= 15 is 0 Å². The van der Waals surface area contributed by atoms with Crippen LogP contribution in [0.4, 0.5) is 5.69 Å². The molecule has 2 N–H and O–H groups in total. The normalized spacial score (nSPS) is 18.7. The number of ether oxygens (including phenoxy) is 1. The number of halogens is 1. The van der Waals surface area contributed by atoms with Crippen LogP contribution in [0.1, 0.15) is 0 Å². The van der Waals surface area contributed by atoms with Crippen molar-refractivity contribution in [1.29, 1.82) is 0 Å². The van der Waals surface area contributed by atoms with Crippen LogP contribution in [0.3, 0.4) is 0 Å². The Hall–Kier alpha value is -0.620. The van der Waals surface area contributed by atoms with Gasteiger partial charge in [-0.2, -0.15) is 0 Å². The van der Waals surface area contributed by atoms with Gasteiger partial charge in [-0.1, -0.05) is 11.6 Å². The maximum absolute atomic E-state index is 12.1. The van der Waals surface area contributed by atoms with Crippen molar-refractivity contribution in [3.63, 3.8) is 0 Å². The molecule has 1 heterocycles. The van der Waals surface area contributed by atoms with Crippen LogP contribution in [0.15, 0.2) is 23.1 Å². The first-order chi connectivity index (χ1) is 8.66. The number of anilines is 1. The molecule has 0 spiro atoms. The molecule has 1 aromatic rings. The second-order valence-electron chi connectivity index (χ2n) is 4.19. The van der Waals surface area contributed by atoms with E-state index in [0.717, 1.165) is 32.8 Å². The molecule has 4 nitrogen and oxygen atoms in total. The van der Waals surface area contributed by atoms with Crippen LogP contribution in [-0.4, -0.2) is 47.7 Å². The summed E-state index contributed by atoms with van der Waals surface area (Å²) in [7, 11) is -1.07. The molecule has 0 amide bonds. The lowest BCUT2D eigenvalue weighted by atomic mass is 10.3. The van der Waals surface area contributed by atoms with Crippen molar-refractivity contribution in [3.05, 3.63) is 23.2 Å². The van der Waals surface area contributed by atoms with Crippen molar-refractivity contribution < 1.29 is 8.95 Å². The van der Waals surface area contributed by atoms with Crippen molar-refractivity contribution in [2.75, 3.05) is 44.3 Å². The van der Waals surface area contributed by atoms with Gasteiger partial charge < -0.3 is 10.5 Å². The summed E-state index contributed by atoms with van der Waals surface area (Å²) in [5.74, 6) is 0.589. The maximum Gasteiger partial charge on any atom is 0.0618 e. The number of nitrogens with zero attached hydrogens (tertiary/aromatic N) is 1. The van der Waals surface area contributed by atoms with Gasteiger partial charge in [0.25, 0.3) is 0 Å². The molecule has 1 fully saturated rings. The van der Waals surface area contributed by atoms with Crippen molar-refractivity contribution in [3.8, 4) is 0 Å². The monoisotopic (exact) mass is 288 g/mol. The van der Waals surface area contributed by atoms with E-state index in [1.807, 2.05) is 0 Å². The lowest BCUT2D eigenvalue weighted by Gasteiger charge is -2.26. The van der Waals surface area contributed by atoms with Crippen LogP contribution in [0.5, 0.6) is 0 Å². The molecule has 0 saturated carbocycles. The zero-order valence-corrected chi connectivity index (χ0v) is 11.7. The number of benzene rings is 1. The van der Waals surface area contributed by atoms with Gasteiger partial charge in [0.2, 0.25) is 0 Å². The van der Waals surface area contributed by atoms with E-state index in [2.05, 4.69) is 4.90 Å². The van der Waals surface area contributed by atoms with Crippen LogP contribution in [0, 0.1) is 0 Å². The Bertz CT molecular complexity index is 436. The Kier molecular flexibility index (Phi) is 5.00. The van der Waals surface area contributed by atoms with E-state index in [1.165, 1.54) is 0 Å². The van der Waals surface area contributed by atoms with Crippen LogP contribution < -0.4 is 5.73 Å². The lowest BCUT2D eigenvalue weighted by molar-refractivity contribution is 0.0409. The first-order valence-electron chi connectivity index (χ1n) is 5.90. The quantitative estimate of drug-likeness (QED) is 0.850. The predicted molar refractivity (Wildman–Crippen MR) is 74.4 cm³/mol. The molecular formula is C12H17ClN2O2S. The third-order valence-electron chi connectivity index (χ3n) is 2.91. The van der Waals surface area contributed by atoms with E-state index in [0.29, 0.717) is 21.4 Å². The highest BCUT2D eigenvalue weighted by Crippen LogP contribution is 2.21. The third-order valence-corrected chi connectivity index (χ3v) is 4.56. The zero-order valence-electron chi connectivity index (χ0n) is 10.1. The average molecular weight is 289 g/mol. The fourth-order valence-corrected chi connectivity index (χ4v) is 3.24. The Morgan fingerprint density at radius 1 is 1.39 bits per heavy atom. The molecule has 6 heteroatoms. The lowest BCUT2D eigenvalue weighted by Crippen LogP contribution is -2.38. The van der Waals surface area contributed by atoms with Gasteiger partial charge in [0.05, 0.1) is 28.9 Å². The molecule has 100 valence electrons. The summed E-state index contributed by atoms with van der Waals surface area (Å²) >= 11 is 5.82. The minimum atomic E-state index is -1.07. The number of rotatable bonds is 4. The minimum absolute atomic E-state index is 0.503. The van der Waals surface area contributed by atoms with Crippen LogP contribution in [0.2, 0.25) is 5.02 Å². The number of nitrogen functional groups attached to an aromatic ring is 1. The van der Waals surface area contributed by atoms with Crippen LogP contribution in [0.25, 0.3) is 0 Å². The molecule has 0 aliphatic carbocycles. The largest absolute Gasteiger partial charge is 0.398 e. The van der Waals surface area contributed by atoms with Gasteiger partial charge >= 0.3 is 0 Å². The summed E-state index contributed by atoms with van der Waals surface area (Å²) in [5, 5.41) is 0.571. The molecule has 1 unspecified atom stereocenters. The molecule has 18 heavy (non-hydrogen) atoms. The van der Waals surface area contributed by atoms with Gasteiger partial charge in [0.15, 0.2) is 0 Å². The van der Waals surface area contributed by atoms with Crippen molar-refractivity contribution in [2.45, 2.75) is 4.90 Å². The molecule has 1 aliphatic rings. The van der Waals surface area contributed by atoms with E-state index < -0.39 is 10.8 Å². The highest BCUT2D eigenvalue weighted by Gasteiger charge is 2.13. The molecule has 1 aromatic carbocycles. The van der Waals surface area contributed by atoms with Gasteiger partial charge in [-0.3, -0.25) is 9.11 Å². The van der Waals surface area contributed by atoms with Crippen LogP contribution in [-0.2, 0) is 15.5 Å². The fourth-order valence-electron chi connectivity index (χ4n) is 1.87. The second-order valence-corrected chi connectivity index (χ2v) is 6.16. The summed E-state index contributed by atoms with van der Waals surface area (Å²) in [6, 6.07) is 5.11. The standard InChI is InChI=1S/C12H17ClN2O2S/c13-10-1-2-12(11(14)9-10)18(16)8-5-15-3-6-17-7-4-15/h1-2,9H,3-8,14H2. The number of nitrogens with two attached hydrogens (primary N) is 1. The summed E-state index contributed by atoms with van der Waals surface area (Å²) < 4.78 is 17.4. The predicted octanol–water partition coefficient (Wildman–Crippen LogP) is 1.36. The van der Waals surface area contributed by atoms with Crippen molar-refractivity contribution in [2.24, 2.45) is 0 Å². The molecule has 1 atom stereocenters. The fraction of sp³-hybridized carbons (Fsp3) is 0.500. The summed E-state index contributed by atoms with van der Waals surface area (Å²) in [6.07, 6.45) is 0. The number of morpholine rings is 1. The number of hydrogen-bond acceptors (Lipinski definition) is 4. The van der Waals surface area contributed by atoms with Crippen LogP contribution >= 0.6 is 11.6 Å². The molecule has 1 saturated heterocycles. The summed E-state index contributed by atoms with van der Waals surface area (Å²) in [6.45, 7) is 4.14. The third kappa shape index (κ3) is 3.68.